The zero-order valence-electron chi connectivity index (χ0n) is 10.3. The van der Waals surface area contributed by atoms with Crippen LogP contribution in [0.3, 0.4) is 0 Å². The molecule has 18 heavy (non-hydrogen) atoms. The number of thioether (sulfide) groups is 1. The molecule has 1 aromatic carbocycles. The van der Waals surface area contributed by atoms with Crippen molar-refractivity contribution in [2.75, 3.05) is 6.26 Å². The molecule has 1 heterocycles. The predicted molar refractivity (Wildman–Crippen MR) is 75.0 cm³/mol. The van der Waals surface area contributed by atoms with E-state index in [0.29, 0.717) is 5.76 Å². The second-order valence-electron chi connectivity index (χ2n) is 3.88. The highest BCUT2D eigenvalue weighted by atomic mass is 32.2. The van der Waals surface area contributed by atoms with E-state index in [9.17, 15) is 4.79 Å². The lowest BCUT2D eigenvalue weighted by Crippen LogP contribution is -1.90. The average Bonchev–Trinajstić information content (AvgIpc) is 2.83. The fourth-order valence-corrected chi connectivity index (χ4v) is 1.94. The van der Waals surface area contributed by atoms with Gasteiger partial charge in [-0.1, -0.05) is 18.2 Å². The molecular formula is C15H14O2S. The summed E-state index contributed by atoms with van der Waals surface area (Å²) in [4.78, 5) is 13.0. The van der Waals surface area contributed by atoms with Gasteiger partial charge in [0.2, 0.25) is 5.78 Å². The molecule has 0 amide bonds. The van der Waals surface area contributed by atoms with Crippen LogP contribution in [-0.4, -0.2) is 12.0 Å². The lowest BCUT2D eigenvalue weighted by Gasteiger charge is -1.96. The Kier molecular flexibility index (Phi) is 4.05. The fourth-order valence-electron chi connectivity index (χ4n) is 1.54. The van der Waals surface area contributed by atoms with Gasteiger partial charge in [-0.15, -0.1) is 11.8 Å². The van der Waals surface area contributed by atoms with Gasteiger partial charge in [-0.2, -0.15) is 0 Å². The molecule has 0 aliphatic heterocycles. The van der Waals surface area contributed by atoms with Crippen LogP contribution in [0, 0.1) is 6.92 Å². The van der Waals surface area contributed by atoms with E-state index in [0.717, 1.165) is 11.3 Å². The normalized spacial score (nSPS) is 11.0. The van der Waals surface area contributed by atoms with Gasteiger partial charge in [0.1, 0.15) is 5.76 Å². The van der Waals surface area contributed by atoms with E-state index in [1.54, 1.807) is 30.0 Å². The van der Waals surface area contributed by atoms with Crippen molar-refractivity contribution in [3.63, 3.8) is 0 Å². The zero-order valence-corrected chi connectivity index (χ0v) is 11.2. The largest absolute Gasteiger partial charge is 0.458 e. The minimum atomic E-state index is -0.114. The van der Waals surface area contributed by atoms with E-state index < -0.39 is 0 Å². The minimum Gasteiger partial charge on any atom is -0.458 e. The number of benzene rings is 1. The van der Waals surface area contributed by atoms with Crippen LogP contribution in [-0.2, 0) is 0 Å². The monoisotopic (exact) mass is 258 g/mol. The van der Waals surface area contributed by atoms with Crippen molar-refractivity contribution in [2.45, 2.75) is 11.8 Å². The van der Waals surface area contributed by atoms with Crippen LogP contribution in [0.2, 0.25) is 0 Å². The molecule has 0 saturated heterocycles. The van der Waals surface area contributed by atoms with Crippen LogP contribution in [0.25, 0.3) is 6.08 Å². The third-order valence-electron chi connectivity index (χ3n) is 2.53. The van der Waals surface area contributed by atoms with Gasteiger partial charge in [0.25, 0.3) is 0 Å². The molecule has 0 aliphatic carbocycles. The third-order valence-corrected chi connectivity index (χ3v) is 3.27. The maximum Gasteiger partial charge on any atom is 0.221 e. The van der Waals surface area contributed by atoms with E-state index in [4.69, 9.17) is 4.42 Å². The number of carbonyl (C=O) groups is 1. The molecule has 1 aromatic heterocycles. The van der Waals surface area contributed by atoms with E-state index >= 15 is 0 Å². The summed E-state index contributed by atoms with van der Waals surface area (Å²) in [5.74, 6) is 1.01. The van der Waals surface area contributed by atoms with Crippen molar-refractivity contribution in [3.8, 4) is 0 Å². The van der Waals surface area contributed by atoms with Crippen LogP contribution in [0.4, 0.5) is 0 Å². The first-order chi connectivity index (χ1) is 8.69. The van der Waals surface area contributed by atoms with Gasteiger partial charge >= 0.3 is 0 Å². The number of allylic oxidation sites excluding steroid dienone is 1. The van der Waals surface area contributed by atoms with Crippen molar-refractivity contribution < 1.29 is 9.21 Å². The Morgan fingerprint density at radius 1 is 1.17 bits per heavy atom. The van der Waals surface area contributed by atoms with E-state index in [1.807, 2.05) is 37.4 Å². The van der Waals surface area contributed by atoms with Crippen molar-refractivity contribution in [3.05, 3.63) is 59.6 Å². The molecule has 0 bridgehead atoms. The summed E-state index contributed by atoms with van der Waals surface area (Å²) < 4.78 is 5.27. The molecule has 0 unspecified atom stereocenters. The Balaban J connectivity index is 2.08. The Morgan fingerprint density at radius 3 is 2.44 bits per heavy atom. The summed E-state index contributed by atoms with van der Waals surface area (Å²) in [6.07, 6.45) is 5.37. The Morgan fingerprint density at radius 2 is 1.89 bits per heavy atom. The average molecular weight is 258 g/mol. The van der Waals surface area contributed by atoms with Crippen LogP contribution in [0.5, 0.6) is 0 Å². The van der Waals surface area contributed by atoms with E-state index in [1.165, 1.54) is 11.0 Å². The van der Waals surface area contributed by atoms with Crippen LogP contribution < -0.4 is 0 Å². The van der Waals surface area contributed by atoms with Crippen molar-refractivity contribution >= 4 is 23.6 Å². The first-order valence-corrected chi connectivity index (χ1v) is 6.84. The Labute approximate surface area is 111 Å². The molecule has 92 valence electrons. The van der Waals surface area contributed by atoms with Crippen LogP contribution in [0.15, 0.2) is 51.8 Å². The topological polar surface area (TPSA) is 30.2 Å². The molecule has 0 N–H and O–H groups in total. The van der Waals surface area contributed by atoms with Gasteiger partial charge in [0, 0.05) is 4.90 Å². The second-order valence-corrected chi connectivity index (χ2v) is 4.76. The lowest BCUT2D eigenvalue weighted by atomic mass is 10.2. The molecular weight excluding hydrogens is 244 g/mol. The summed E-state index contributed by atoms with van der Waals surface area (Å²) >= 11 is 1.70. The van der Waals surface area contributed by atoms with Gasteiger partial charge in [-0.3, -0.25) is 4.79 Å². The van der Waals surface area contributed by atoms with Gasteiger partial charge in [0.15, 0.2) is 5.76 Å². The van der Waals surface area contributed by atoms with Crippen LogP contribution >= 0.6 is 11.8 Å². The standard InChI is InChI=1S/C15H14O2S/c1-11-3-10-15(17-11)14(16)9-6-12-4-7-13(18-2)8-5-12/h3-10H,1-2H3/b9-6+. The first-order valence-electron chi connectivity index (χ1n) is 5.62. The third kappa shape index (κ3) is 3.14. The number of hydrogen-bond acceptors (Lipinski definition) is 3. The van der Waals surface area contributed by atoms with Crippen molar-refractivity contribution in [1.82, 2.24) is 0 Å². The summed E-state index contributed by atoms with van der Waals surface area (Å²) in [5, 5.41) is 0. The molecule has 0 aliphatic rings. The second kappa shape index (κ2) is 5.74. The van der Waals surface area contributed by atoms with Crippen molar-refractivity contribution in [1.29, 1.82) is 0 Å². The van der Waals surface area contributed by atoms with E-state index in [2.05, 4.69) is 0 Å². The summed E-state index contributed by atoms with van der Waals surface area (Å²) in [7, 11) is 0. The molecule has 0 saturated carbocycles. The molecule has 0 spiro atoms. The Bertz CT molecular complexity index is 564. The van der Waals surface area contributed by atoms with Crippen molar-refractivity contribution in [2.24, 2.45) is 0 Å². The quantitative estimate of drug-likeness (QED) is 0.467. The highest BCUT2D eigenvalue weighted by molar-refractivity contribution is 7.98. The van der Waals surface area contributed by atoms with Gasteiger partial charge < -0.3 is 4.42 Å². The number of furan rings is 1. The smallest absolute Gasteiger partial charge is 0.221 e. The molecule has 0 radical (unpaired) electrons. The van der Waals surface area contributed by atoms with E-state index in [-0.39, 0.29) is 5.78 Å². The first kappa shape index (κ1) is 12.7. The predicted octanol–water partition coefficient (Wildman–Crippen LogP) is 4.21. The van der Waals surface area contributed by atoms with Gasteiger partial charge in [0.05, 0.1) is 0 Å². The SMILES string of the molecule is CSc1ccc(/C=C/C(=O)c2ccc(C)o2)cc1. The van der Waals surface area contributed by atoms with Gasteiger partial charge in [-0.25, -0.2) is 0 Å². The van der Waals surface area contributed by atoms with Gasteiger partial charge in [-0.05, 0) is 49.1 Å². The number of carbonyl (C=O) groups excluding carboxylic acids is 1. The highest BCUT2D eigenvalue weighted by Crippen LogP contribution is 2.16. The van der Waals surface area contributed by atoms with Crippen LogP contribution in [0.1, 0.15) is 21.9 Å². The zero-order chi connectivity index (χ0) is 13.0. The maximum absolute atomic E-state index is 11.8. The molecule has 2 nitrogen and oxygen atoms in total. The molecule has 0 fully saturated rings. The lowest BCUT2D eigenvalue weighted by molar-refractivity contribution is 0.102. The molecule has 2 aromatic rings. The summed E-state index contributed by atoms with van der Waals surface area (Å²) in [6, 6.07) is 11.5. The summed E-state index contributed by atoms with van der Waals surface area (Å²) in [5.41, 5.74) is 1.00. The minimum absolute atomic E-state index is 0.114. The maximum atomic E-state index is 11.8. The fraction of sp³-hybridized carbons (Fsp3) is 0.133. The number of hydrogen-bond donors (Lipinski definition) is 0. The highest BCUT2D eigenvalue weighted by Gasteiger charge is 2.05. The number of ketones is 1. The Hall–Kier alpha value is -1.74. The molecule has 2 rings (SSSR count). The molecule has 3 heteroatoms. The molecule has 0 atom stereocenters. The summed E-state index contributed by atoms with van der Waals surface area (Å²) in [6.45, 7) is 1.82. The number of aryl methyl sites for hydroxylation is 1. The number of rotatable bonds is 4.